The first-order valence-electron chi connectivity index (χ1n) is 7.24. The van der Waals surface area contributed by atoms with Gasteiger partial charge in [-0.3, -0.25) is 4.90 Å². The molecule has 0 aromatic carbocycles. The summed E-state index contributed by atoms with van der Waals surface area (Å²) >= 11 is 0. The molecule has 2 aliphatic rings. The fourth-order valence-corrected chi connectivity index (χ4v) is 3.59. The van der Waals surface area contributed by atoms with Crippen LogP contribution in [-0.4, -0.2) is 40.6 Å². The minimum Gasteiger partial charge on any atom is -0.333 e. The summed E-state index contributed by atoms with van der Waals surface area (Å²) in [6, 6.07) is 0. The van der Waals surface area contributed by atoms with Gasteiger partial charge in [0.2, 0.25) is 0 Å². The highest BCUT2D eigenvalue weighted by Crippen LogP contribution is 2.32. The summed E-state index contributed by atoms with van der Waals surface area (Å²) in [5.74, 6) is 1.24. The van der Waals surface area contributed by atoms with Crippen molar-refractivity contribution in [2.75, 3.05) is 26.2 Å². The van der Waals surface area contributed by atoms with Gasteiger partial charge < -0.3 is 9.88 Å². The monoisotopic (exact) mass is 248 g/mol. The number of aromatic nitrogens is 2. The van der Waals surface area contributed by atoms with E-state index in [1.165, 1.54) is 51.3 Å². The second kappa shape index (κ2) is 5.02. The lowest BCUT2D eigenvalue weighted by molar-refractivity contribution is 0.125. The van der Waals surface area contributed by atoms with Gasteiger partial charge in [0.25, 0.3) is 0 Å². The zero-order valence-electron chi connectivity index (χ0n) is 11.4. The summed E-state index contributed by atoms with van der Waals surface area (Å²) in [7, 11) is 0. The van der Waals surface area contributed by atoms with E-state index >= 15 is 0 Å². The predicted molar refractivity (Wildman–Crippen MR) is 72.3 cm³/mol. The van der Waals surface area contributed by atoms with Gasteiger partial charge in [0, 0.05) is 38.6 Å². The van der Waals surface area contributed by atoms with Crippen LogP contribution < -0.4 is 5.32 Å². The van der Waals surface area contributed by atoms with Gasteiger partial charge in [-0.15, -0.1) is 0 Å². The first-order chi connectivity index (χ1) is 8.81. The molecule has 0 spiro atoms. The van der Waals surface area contributed by atoms with Crippen LogP contribution in [0.4, 0.5) is 0 Å². The molecule has 0 amide bonds. The highest BCUT2D eigenvalue weighted by atomic mass is 15.2. The molecule has 3 heterocycles. The van der Waals surface area contributed by atoms with Crippen LogP contribution in [0, 0.1) is 5.41 Å². The molecule has 0 bridgehead atoms. The molecule has 4 heteroatoms. The van der Waals surface area contributed by atoms with Crippen LogP contribution in [0.25, 0.3) is 0 Å². The fourth-order valence-electron chi connectivity index (χ4n) is 3.59. The first kappa shape index (κ1) is 12.2. The van der Waals surface area contributed by atoms with Crippen LogP contribution >= 0.6 is 0 Å². The zero-order chi connectivity index (χ0) is 12.4. The maximum absolute atomic E-state index is 4.46. The Morgan fingerprint density at radius 2 is 2.39 bits per heavy atom. The topological polar surface area (TPSA) is 33.1 Å². The van der Waals surface area contributed by atoms with E-state index in [-0.39, 0.29) is 0 Å². The summed E-state index contributed by atoms with van der Waals surface area (Å²) < 4.78 is 2.29. The average Bonchev–Trinajstić information content (AvgIpc) is 2.98. The number of rotatable bonds is 4. The number of hydrogen-bond donors (Lipinski definition) is 1. The Balaban J connectivity index is 1.66. The number of nitrogens with one attached hydrogen (secondary N) is 1. The van der Waals surface area contributed by atoms with Gasteiger partial charge in [-0.05, 0) is 24.8 Å². The molecule has 2 aliphatic heterocycles. The van der Waals surface area contributed by atoms with E-state index in [0.29, 0.717) is 5.41 Å². The van der Waals surface area contributed by atoms with Crippen LogP contribution in [-0.2, 0) is 13.1 Å². The summed E-state index contributed by atoms with van der Waals surface area (Å²) in [6.45, 7) is 9.25. The smallest absolute Gasteiger partial charge is 0.122 e. The van der Waals surface area contributed by atoms with E-state index in [0.717, 1.165) is 13.1 Å². The molecule has 1 aromatic heterocycles. The predicted octanol–water partition coefficient (Wildman–Crippen LogP) is 1.48. The number of fused-ring (bicyclic) bond motifs is 1. The second-order valence-electron chi connectivity index (χ2n) is 5.92. The lowest BCUT2D eigenvalue weighted by Gasteiger charge is -2.36. The molecule has 4 nitrogen and oxygen atoms in total. The van der Waals surface area contributed by atoms with E-state index in [1.54, 1.807) is 0 Å². The molecule has 1 unspecified atom stereocenters. The fraction of sp³-hybridized carbons (Fsp3) is 0.786. The molecule has 1 aromatic rings. The lowest BCUT2D eigenvalue weighted by atomic mass is 9.82. The zero-order valence-corrected chi connectivity index (χ0v) is 11.4. The molecule has 1 saturated heterocycles. The Hall–Kier alpha value is -0.870. The van der Waals surface area contributed by atoms with Gasteiger partial charge >= 0.3 is 0 Å². The maximum Gasteiger partial charge on any atom is 0.122 e. The summed E-state index contributed by atoms with van der Waals surface area (Å²) in [6.07, 6.45) is 8.02. The van der Waals surface area contributed by atoms with E-state index in [1.807, 2.05) is 6.20 Å². The number of nitrogens with zero attached hydrogens (tertiary/aromatic N) is 3. The summed E-state index contributed by atoms with van der Waals surface area (Å²) in [5.41, 5.74) is 0.517. The van der Waals surface area contributed by atoms with Gasteiger partial charge in [0.05, 0.1) is 6.54 Å². The van der Waals surface area contributed by atoms with Gasteiger partial charge in [-0.2, -0.15) is 0 Å². The Bertz CT molecular complexity index is 392. The highest BCUT2D eigenvalue weighted by Gasteiger charge is 2.35. The van der Waals surface area contributed by atoms with Crippen LogP contribution in [0.1, 0.15) is 32.0 Å². The van der Waals surface area contributed by atoms with Gasteiger partial charge in [0.15, 0.2) is 0 Å². The van der Waals surface area contributed by atoms with Crippen LogP contribution in [0.2, 0.25) is 0 Å². The normalized spacial score (nSPS) is 28.5. The van der Waals surface area contributed by atoms with Crippen molar-refractivity contribution in [3.63, 3.8) is 0 Å². The van der Waals surface area contributed by atoms with E-state index < -0.39 is 0 Å². The van der Waals surface area contributed by atoms with Crippen molar-refractivity contribution in [2.45, 2.75) is 39.3 Å². The van der Waals surface area contributed by atoms with Crippen molar-refractivity contribution in [1.82, 2.24) is 19.8 Å². The molecular weight excluding hydrogens is 224 g/mol. The molecule has 1 atom stereocenters. The Morgan fingerprint density at radius 1 is 1.44 bits per heavy atom. The Morgan fingerprint density at radius 3 is 3.17 bits per heavy atom. The molecule has 3 rings (SSSR count). The number of hydrogen-bond acceptors (Lipinski definition) is 3. The minimum atomic E-state index is 0.517. The van der Waals surface area contributed by atoms with Gasteiger partial charge in [-0.1, -0.05) is 13.3 Å². The van der Waals surface area contributed by atoms with E-state index in [4.69, 9.17) is 0 Å². The molecule has 1 fully saturated rings. The SMILES string of the molecule is CCCC1(CN2CCn3ccnc3C2)CCNC1. The van der Waals surface area contributed by atoms with Crippen LogP contribution in [0.5, 0.6) is 0 Å². The van der Waals surface area contributed by atoms with Crippen molar-refractivity contribution in [3.8, 4) is 0 Å². The summed E-state index contributed by atoms with van der Waals surface area (Å²) in [5, 5.41) is 3.55. The second-order valence-corrected chi connectivity index (χ2v) is 5.92. The van der Waals surface area contributed by atoms with Crippen molar-refractivity contribution >= 4 is 0 Å². The van der Waals surface area contributed by atoms with Crippen molar-refractivity contribution < 1.29 is 0 Å². The quantitative estimate of drug-likeness (QED) is 0.876. The average molecular weight is 248 g/mol. The van der Waals surface area contributed by atoms with Crippen molar-refractivity contribution in [1.29, 1.82) is 0 Å². The molecule has 0 saturated carbocycles. The van der Waals surface area contributed by atoms with E-state index in [9.17, 15) is 0 Å². The van der Waals surface area contributed by atoms with Crippen LogP contribution in [0.3, 0.4) is 0 Å². The summed E-state index contributed by atoms with van der Waals surface area (Å²) in [4.78, 5) is 7.06. The third-order valence-electron chi connectivity index (χ3n) is 4.50. The van der Waals surface area contributed by atoms with Crippen molar-refractivity contribution in [3.05, 3.63) is 18.2 Å². The maximum atomic E-state index is 4.46. The molecule has 1 N–H and O–H groups in total. The minimum absolute atomic E-state index is 0.517. The van der Waals surface area contributed by atoms with Crippen molar-refractivity contribution in [2.24, 2.45) is 5.41 Å². The Labute approximate surface area is 109 Å². The molecular formula is C14H24N4. The standard InChI is InChI=1S/C14H24N4/c1-2-3-14(4-5-15-11-14)12-17-8-9-18-7-6-16-13(18)10-17/h6-7,15H,2-5,8-12H2,1H3. The number of imidazole rings is 1. The molecule has 0 radical (unpaired) electrons. The van der Waals surface area contributed by atoms with Gasteiger partial charge in [0.1, 0.15) is 5.82 Å². The molecule has 18 heavy (non-hydrogen) atoms. The van der Waals surface area contributed by atoms with Crippen LogP contribution in [0.15, 0.2) is 12.4 Å². The Kier molecular flexibility index (Phi) is 3.39. The third kappa shape index (κ3) is 2.31. The van der Waals surface area contributed by atoms with Gasteiger partial charge in [-0.25, -0.2) is 4.98 Å². The molecule has 0 aliphatic carbocycles. The lowest BCUT2D eigenvalue weighted by Crippen LogP contribution is -2.43. The van der Waals surface area contributed by atoms with E-state index in [2.05, 4.69) is 32.9 Å². The highest BCUT2D eigenvalue weighted by molar-refractivity contribution is 4.98. The third-order valence-corrected chi connectivity index (χ3v) is 4.50. The largest absolute Gasteiger partial charge is 0.333 e. The molecule has 100 valence electrons. The first-order valence-corrected chi connectivity index (χ1v) is 7.24.